The molecule has 1 aliphatic heterocycles. The Morgan fingerprint density at radius 3 is 2.82 bits per heavy atom. The summed E-state index contributed by atoms with van der Waals surface area (Å²) in [6.45, 7) is 0.797. The highest BCUT2D eigenvalue weighted by atomic mass is 32.2. The number of hydrogen-bond acceptors (Lipinski definition) is 8. The van der Waals surface area contributed by atoms with Crippen LogP contribution in [0.15, 0.2) is 23.1 Å². The summed E-state index contributed by atoms with van der Waals surface area (Å²) in [6, 6.07) is 4.93. The molecule has 3 rings (SSSR count). The minimum absolute atomic E-state index is 0.118. The van der Waals surface area contributed by atoms with Crippen molar-refractivity contribution in [3.8, 4) is 0 Å². The highest BCUT2D eigenvalue weighted by Crippen LogP contribution is 2.28. The van der Waals surface area contributed by atoms with E-state index in [1.54, 1.807) is 25.2 Å². The lowest BCUT2D eigenvalue weighted by atomic mass is 9.98. The van der Waals surface area contributed by atoms with Crippen molar-refractivity contribution >= 4 is 38.7 Å². The Morgan fingerprint density at radius 2 is 2.11 bits per heavy atom. The Labute approximate surface area is 168 Å². The number of ether oxygens (including phenoxy) is 2. The van der Waals surface area contributed by atoms with Crippen LogP contribution in [0.2, 0.25) is 0 Å². The number of rotatable bonds is 7. The summed E-state index contributed by atoms with van der Waals surface area (Å²) in [5.74, 6) is -0.525. The molecule has 1 aromatic carbocycles. The molecule has 0 spiro atoms. The number of hydrogen-bond donors (Lipinski definition) is 0. The van der Waals surface area contributed by atoms with E-state index in [0.717, 1.165) is 11.7 Å². The van der Waals surface area contributed by atoms with E-state index in [1.807, 2.05) is 0 Å². The van der Waals surface area contributed by atoms with Gasteiger partial charge < -0.3 is 14.4 Å². The fourth-order valence-electron chi connectivity index (χ4n) is 3.36. The summed E-state index contributed by atoms with van der Waals surface area (Å²) in [4.78, 5) is 14.5. The van der Waals surface area contributed by atoms with Gasteiger partial charge in [-0.3, -0.25) is 4.79 Å². The predicted octanol–water partition coefficient (Wildman–Crippen LogP) is 1.17. The molecule has 2 heterocycles. The summed E-state index contributed by atoms with van der Waals surface area (Å²) in [5.41, 5.74) is 0.932. The van der Waals surface area contributed by atoms with Gasteiger partial charge in [0, 0.05) is 34.4 Å². The van der Waals surface area contributed by atoms with Crippen LogP contribution >= 0.6 is 11.7 Å². The zero-order valence-electron chi connectivity index (χ0n) is 16.1. The van der Waals surface area contributed by atoms with Crippen LogP contribution in [0.1, 0.15) is 12.8 Å². The van der Waals surface area contributed by atoms with E-state index < -0.39 is 22.2 Å². The summed E-state index contributed by atoms with van der Waals surface area (Å²) < 4.78 is 46.3. The Balaban J connectivity index is 1.77. The molecule has 1 amide bonds. The lowest BCUT2D eigenvalue weighted by Crippen LogP contribution is -2.47. The highest BCUT2D eigenvalue weighted by Gasteiger charge is 2.36. The second-order valence-corrected chi connectivity index (χ2v) is 9.14. The molecule has 1 saturated heterocycles. The first-order valence-electron chi connectivity index (χ1n) is 8.90. The van der Waals surface area contributed by atoms with Crippen molar-refractivity contribution in [2.45, 2.75) is 24.0 Å². The van der Waals surface area contributed by atoms with Gasteiger partial charge in [0.15, 0.2) is 6.29 Å². The average molecular weight is 429 g/mol. The third kappa shape index (κ3) is 4.18. The van der Waals surface area contributed by atoms with Crippen LogP contribution in [-0.4, -0.2) is 79.5 Å². The van der Waals surface area contributed by atoms with E-state index in [2.05, 4.69) is 8.75 Å². The zero-order valence-corrected chi connectivity index (χ0v) is 17.7. The van der Waals surface area contributed by atoms with Crippen molar-refractivity contribution in [2.24, 2.45) is 5.92 Å². The average Bonchev–Trinajstić information content (AvgIpc) is 3.20. The molecule has 0 radical (unpaired) electrons. The molecule has 0 bridgehead atoms. The van der Waals surface area contributed by atoms with E-state index in [-0.39, 0.29) is 23.9 Å². The number of benzene rings is 1. The lowest BCUT2D eigenvalue weighted by molar-refractivity contribution is -0.147. The zero-order chi connectivity index (χ0) is 20.3. The maximum Gasteiger partial charge on any atom is 0.245 e. The van der Waals surface area contributed by atoms with Crippen LogP contribution in [0.3, 0.4) is 0 Å². The standard InChI is InChI=1S/C17H24N4O5S2/c1-20(11-15(25-2)26-3)17(22)12-6-5-9-21(10-12)28(23,24)14-8-4-7-13-16(14)19-27-18-13/h4,7-8,12,15H,5-6,9-11H2,1-3H3/t12-/m0/s1. The second kappa shape index (κ2) is 8.78. The molecule has 154 valence electrons. The summed E-state index contributed by atoms with van der Waals surface area (Å²) >= 11 is 0.982. The number of carbonyl (C=O) groups excluding carboxylic acids is 1. The first-order chi connectivity index (χ1) is 13.4. The predicted molar refractivity (Wildman–Crippen MR) is 104 cm³/mol. The van der Waals surface area contributed by atoms with Crippen molar-refractivity contribution in [1.82, 2.24) is 18.0 Å². The van der Waals surface area contributed by atoms with Crippen LogP contribution in [0.25, 0.3) is 11.0 Å². The fourth-order valence-corrected chi connectivity index (χ4v) is 5.64. The minimum Gasteiger partial charge on any atom is -0.354 e. The minimum atomic E-state index is -3.77. The number of carbonyl (C=O) groups is 1. The summed E-state index contributed by atoms with van der Waals surface area (Å²) in [5, 5.41) is 0. The molecule has 1 fully saturated rings. The molecule has 1 atom stereocenters. The molecule has 0 N–H and O–H groups in total. The molecule has 0 aliphatic carbocycles. The number of likely N-dealkylation sites (N-methyl/N-ethyl adjacent to an activating group) is 1. The lowest BCUT2D eigenvalue weighted by Gasteiger charge is -2.33. The Kier molecular flexibility index (Phi) is 6.61. The Morgan fingerprint density at radius 1 is 1.36 bits per heavy atom. The number of methoxy groups -OCH3 is 2. The van der Waals surface area contributed by atoms with Gasteiger partial charge in [-0.05, 0) is 25.0 Å². The Bertz CT molecular complexity index is 929. The number of nitrogens with zero attached hydrogens (tertiary/aromatic N) is 4. The molecule has 9 nitrogen and oxygen atoms in total. The molecule has 2 aromatic rings. The number of amides is 1. The van der Waals surface area contributed by atoms with Gasteiger partial charge in [-0.1, -0.05) is 6.07 Å². The van der Waals surface area contributed by atoms with Gasteiger partial charge in [0.1, 0.15) is 15.9 Å². The van der Waals surface area contributed by atoms with E-state index in [0.29, 0.717) is 30.4 Å². The quantitative estimate of drug-likeness (QED) is 0.610. The number of aromatic nitrogens is 2. The van der Waals surface area contributed by atoms with Crippen LogP contribution in [0, 0.1) is 5.92 Å². The van der Waals surface area contributed by atoms with Crippen molar-refractivity contribution in [1.29, 1.82) is 0 Å². The largest absolute Gasteiger partial charge is 0.354 e. The monoisotopic (exact) mass is 428 g/mol. The number of fused-ring (bicyclic) bond motifs is 1. The first-order valence-corrected chi connectivity index (χ1v) is 11.1. The maximum atomic E-state index is 13.2. The van der Waals surface area contributed by atoms with Crippen molar-refractivity contribution in [2.75, 3.05) is 40.9 Å². The highest BCUT2D eigenvalue weighted by molar-refractivity contribution is 7.89. The summed E-state index contributed by atoms with van der Waals surface area (Å²) in [6.07, 6.45) is 0.738. The number of piperidine rings is 1. The molecular weight excluding hydrogens is 404 g/mol. The van der Waals surface area contributed by atoms with Gasteiger partial charge in [0.25, 0.3) is 0 Å². The smallest absolute Gasteiger partial charge is 0.245 e. The van der Waals surface area contributed by atoms with Gasteiger partial charge in [0.05, 0.1) is 24.2 Å². The Hall–Kier alpha value is -1.66. The molecule has 28 heavy (non-hydrogen) atoms. The van der Waals surface area contributed by atoms with Gasteiger partial charge in [-0.25, -0.2) is 8.42 Å². The molecule has 0 saturated carbocycles. The molecule has 11 heteroatoms. The first kappa shape index (κ1) is 21.1. The normalized spacial score (nSPS) is 18.6. The van der Waals surface area contributed by atoms with E-state index >= 15 is 0 Å². The van der Waals surface area contributed by atoms with Gasteiger partial charge in [0.2, 0.25) is 15.9 Å². The third-order valence-electron chi connectivity index (χ3n) is 4.93. The summed E-state index contributed by atoms with van der Waals surface area (Å²) in [7, 11) is 0.922. The van der Waals surface area contributed by atoms with Crippen LogP contribution < -0.4 is 0 Å². The van der Waals surface area contributed by atoms with Crippen molar-refractivity contribution in [3.63, 3.8) is 0 Å². The molecule has 0 unspecified atom stereocenters. The van der Waals surface area contributed by atoms with Gasteiger partial charge in [-0.15, -0.1) is 0 Å². The van der Waals surface area contributed by atoms with Crippen LogP contribution in [-0.2, 0) is 24.3 Å². The number of sulfonamides is 1. The topological polar surface area (TPSA) is 102 Å². The fraction of sp³-hybridized carbons (Fsp3) is 0.588. The van der Waals surface area contributed by atoms with Crippen molar-refractivity contribution in [3.05, 3.63) is 18.2 Å². The van der Waals surface area contributed by atoms with Crippen LogP contribution in [0.4, 0.5) is 0 Å². The van der Waals surface area contributed by atoms with E-state index in [9.17, 15) is 13.2 Å². The van der Waals surface area contributed by atoms with E-state index in [1.165, 1.54) is 23.4 Å². The third-order valence-corrected chi connectivity index (χ3v) is 7.36. The van der Waals surface area contributed by atoms with Gasteiger partial charge >= 0.3 is 0 Å². The second-order valence-electron chi connectivity index (χ2n) is 6.71. The van der Waals surface area contributed by atoms with Crippen molar-refractivity contribution < 1.29 is 22.7 Å². The SMILES string of the molecule is COC(CN(C)C(=O)[C@H]1CCCN(S(=O)(=O)c2cccc3nsnc23)C1)OC. The molecule has 1 aromatic heterocycles. The van der Waals surface area contributed by atoms with Crippen LogP contribution in [0.5, 0.6) is 0 Å². The van der Waals surface area contributed by atoms with E-state index in [4.69, 9.17) is 9.47 Å². The maximum absolute atomic E-state index is 13.2. The molecule has 1 aliphatic rings. The van der Waals surface area contributed by atoms with Gasteiger partial charge in [-0.2, -0.15) is 13.1 Å². The molecular formula is C17H24N4O5S2.